The predicted octanol–water partition coefficient (Wildman–Crippen LogP) is 3.90. The monoisotopic (exact) mass is 314 g/mol. The Hall–Kier alpha value is -2.05. The number of carboxylic acids is 1. The van der Waals surface area contributed by atoms with Crippen molar-refractivity contribution in [2.75, 3.05) is 0 Å². The van der Waals surface area contributed by atoms with Gasteiger partial charge >= 0.3 is 5.97 Å². The Morgan fingerprint density at radius 2 is 2.05 bits per heavy atom. The fraction of sp³-hybridized carbons (Fsp3) is 0.0667. The van der Waals surface area contributed by atoms with E-state index in [4.69, 9.17) is 0 Å². The van der Waals surface area contributed by atoms with Gasteiger partial charge in [-0.05, 0) is 23.6 Å². The number of carbonyl (C=O) groups is 1. The van der Waals surface area contributed by atoms with Gasteiger partial charge in [0, 0.05) is 16.2 Å². The fourth-order valence-corrected chi connectivity index (χ4v) is 4.70. The molecule has 1 aliphatic heterocycles. The smallest absolute Gasteiger partial charge is 0.356 e. The Kier molecular flexibility index (Phi) is 2.87. The highest BCUT2D eigenvalue weighted by Gasteiger charge is 2.29. The van der Waals surface area contributed by atoms with Gasteiger partial charge in [0.15, 0.2) is 5.69 Å². The van der Waals surface area contributed by atoms with Crippen molar-refractivity contribution in [1.29, 1.82) is 0 Å². The van der Waals surface area contributed by atoms with Gasteiger partial charge in [0.05, 0.1) is 16.3 Å². The van der Waals surface area contributed by atoms with Crippen LogP contribution in [0.4, 0.5) is 0 Å². The molecule has 4 nitrogen and oxygen atoms in total. The molecule has 0 radical (unpaired) electrons. The fourth-order valence-electron chi connectivity index (χ4n) is 2.48. The van der Waals surface area contributed by atoms with E-state index in [-0.39, 0.29) is 5.69 Å². The Morgan fingerprint density at radius 1 is 1.24 bits per heavy atom. The van der Waals surface area contributed by atoms with Crippen molar-refractivity contribution in [3.05, 3.63) is 53.0 Å². The first-order valence-electron chi connectivity index (χ1n) is 6.37. The van der Waals surface area contributed by atoms with Crippen LogP contribution in [0.5, 0.6) is 0 Å². The maximum atomic E-state index is 11.5. The highest BCUT2D eigenvalue weighted by molar-refractivity contribution is 7.99. The van der Waals surface area contributed by atoms with Crippen LogP contribution >= 0.6 is 23.1 Å². The molecule has 4 rings (SSSR count). The van der Waals surface area contributed by atoms with Crippen molar-refractivity contribution in [2.24, 2.45) is 0 Å². The lowest BCUT2D eigenvalue weighted by Gasteiger charge is -2.14. The molecule has 3 aromatic rings. The minimum Gasteiger partial charge on any atom is -0.476 e. The molecule has 0 saturated carbocycles. The average Bonchev–Trinajstić information content (AvgIpc) is 3.11. The van der Waals surface area contributed by atoms with Crippen LogP contribution in [0.25, 0.3) is 16.3 Å². The van der Waals surface area contributed by atoms with Crippen molar-refractivity contribution < 1.29 is 9.90 Å². The lowest BCUT2D eigenvalue weighted by Crippen LogP contribution is -2.02. The van der Waals surface area contributed by atoms with Crippen LogP contribution in [-0.2, 0) is 5.75 Å². The number of hydrogen-bond donors (Lipinski definition) is 1. The summed E-state index contributed by atoms with van der Waals surface area (Å²) in [5, 5.41) is 15.8. The first kappa shape index (κ1) is 12.7. The minimum atomic E-state index is -0.971. The summed E-state index contributed by atoms with van der Waals surface area (Å²) in [5.74, 6) is -0.324. The van der Waals surface area contributed by atoms with Gasteiger partial charge in [-0.2, -0.15) is 5.10 Å². The van der Waals surface area contributed by atoms with Crippen LogP contribution in [0.2, 0.25) is 0 Å². The first-order valence-corrected chi connectivity index (χ1v) is 8.23. The van der Waals surface area contributed by atoms with Crippen LogP contribution in [0.3, 0.4) is 0 Å². The molecule has 2 aromatic heterocycles. The Morgan fingerprint density at radius 3 is 2.81 bits per heavy atom. The SMILES string of the molecule is O=C(O)c1nn(-c2ccccc2)c2c1CSc1ccsc1-2. The van der Waals surface area contributed by atoms with Gasteiger partial charge in [0.2, 0.25) is 0 Å². The van der Waals surface area contributed by atoms with Gasteiger partial charge in [-0.3, -0.25) is 0 Å². The maximum absolute atomic E-state index is 11.5. The van der Waals surface area contributed by atoms with Crippen LogP contribution in [0.15, 0.2) is 46.7 Å². The van der Waals surface area contributed by atoms with Gasteiger partial charge in [0.1, 0.15) is 0 Å². The number of para-hydroxylation sites is 1. The number of aromatic carboxylic acids is 1. The standard InChI is InChI=1S/C15H10N2O2S2/c18-15(19)12-10-8-21-11-6-7-20-14(11)13(10)17(16-12)9-4-2-1-3-5-9/h1-7H,8H2,(H,18,19). The second kappa shape index (κ2) is 4.75. The van der Waals surface area contributed by atoms with Crippen LogP contribution in [-0.4, -0.2) is 20.9 Å². The van der Waals surface area contributed by atoms with Crippen molar-refractivity contribution in [3.8, 4) is 16.3 Å². The number of rotatable bonds is 2. The molecule has 0 bridgehead atoms. The summed E-state index contributed by atoms with van der Waals surface area (Å²) in [6, 6.07) is 11.7. The quantitative estimate of drug-likeness (QED) is 0.779. The minimum absolute atomic E-state index is 0.153. The van der Waals surface area contributed by atoms with Crippen LogP contribution < -0.4 is 0 Å². The van der Waals surface area contributed by atoms with E-state index in [0.29, 0.717) is 5.75 Å². The molecule has 3 heterocycles. The number of hydrogen-bond acceptors (Lipinski definition) is 4. The average molecular weight is 314 g/mol. The number of thioether (sulfide) groups is 1. The molecular weight excluding hydrogens is 304 g/mol. The largest absolute Gasteiger partial charge is 0.476 e. The molecule has 0 atom stereocenters. The summed E-state index contributed by atoms with van der Waals surface area (Å²) in [5.41, 5.74) is 2.77. The molecule has 1 N–H and O–H groups in total. The number of carboxylic acid groups (broad SMARTS) is 1. The number of nitrogens with zero attached hydrogens (tertiary/aromatic N) is 2. The highest BCUT2D eigenvalue weighted by atomic mass is 32.2. The van der Waals surface area contributed by atoms with Gasteiger partial charge in [-0.15, -0.1) is 23.1 Å². The van der Waals surface area contributed by atoms with Gasteiger partial charge < -0.3 is 5.11 Å². The Balaban J connectivity index is 2.04. The zero-order chi connectivity index (χ0) is 14.4. The van der Waals surface area contributed by atoms with Crippen molar-refractivity contribution >= 4 is 29.1 Å². The third-order valence-electron chi connectivity index (χ3n) is 3.40. The molecule has 0 aliphatic carbocycles. The Bertz CT molecular complexity index is 837. The third kappa shape index (κ3) is 1.91. The molecule has 0 fully saturated rings. The molecule has 0 spiro atoms. The topological polar surface area (TPSA) is 55.1 Å². The molecule has 0 saturated heterocycles. The van der Waals surface area contributed by atoms with Crippen molar-refractivity contribution in [3.63, 3.8) is 0 Å². The molecule has 1 aliphatic rings. The lowest BCUT2D eigenvalue weighted by atomic mass is 10.1. The molecule has 1 aromatic carbocycles. The van der Waals surface area contributed by atoms with Gasteiger partial charge in [0.25, 0.3) is 0 Å². The maximum Gasteiger partial charge on any atom is 0.356 e. The number of benzene rings is 1. The zero-order valence-corrected chi connectivity index (χ0v) is 12.4. The first-order chi connectivity index (χ1) is 10.3. The molecular formula is C15H10N2O2S2. The molecule has 0 unspecified atom stereocenters. The zero-order valence-electron chi connectivity index (χ0n) is 10.8. The molecule has 104 valence electrons. The second-order valence-electron chi connectivity index (χ2n) is 4.63. The lowest BCUT2D eigenvalue weighted by molar-refractivity contribution is 0.0689. The summed E-state index contributed by atoms with van der Waals surface area (Å²) >= 11 is 3.30. The van der Waals surface area contributed by atoms with E-state index < -0.39 is 5.97 Å². The summed E-state index contributed by atoms with van der Waals surface area (Å²) in [4.78, 5) is 13.8. The van der Waals surface area contributed by atoms with Crippen LogP contribution in [0.1, 0.15) is 16.1 Å². The Labute approximate surface area is 129 Å². The van der Waals surface area contributed by atoms with E-state index in [1.807, 2.05) is 35.7 Å². The van der Waals surface area contributed by atoms with E-state index in [0.717, 1.165) is 21.8 Å². The number of fused-ring (bicyclic) bond motifs is 3. The highest BCUT2D eigenvalue weighted by Crippen LogP contribution is 2.46. The van der Waals surface area contributed by atoms with Gasteiger partial charge in [-0.1, -0.05) is 18.2 Å². The van der Waals surface area contributed by atoms with Gasteiger partial charge in [-0.25, -0.2) is 9.48 Å². The van der Waals surface area contributed by atoms with E-state index in [2.05, 4.69) is 11.2 Å². The van der Waals surface area contributed by atoms with E-state index in [1.54, 1.807) is 27.8 Å². The van der Waals surface area contributed by atoms with E-state index >= 15 is 0 Å². The molecule has 0 amide bonds. The molecule has 6 heteroatoms. The number of aromatic nitrogens is 2. The van der Waals surface area contributed by atoms with E-state index in [1.165, 1.54) is 4.90 Å². The predicted molar refractivity (Wildman–Crippen MR) is 83.4 cm³/mol. The summed E-state index contributed by atoms with van der Waals surface area (Å²) in [7, 11) is 0. The summed E-state index contributed by atoms with van der Waals surface area (Å²) < 4.78 is 1.76. The summed E-state index contributed by atoms with van der Waals surface area (Å²) in [6.07, 6.45) is 0. The second-order valence-corrected chi connectivity index (χ2v) is 6.56. The number of thiophene rings is 1. The van der Waals surface area contributed by atoms with Crippen molar-refractivity contribution in [2.45, 2.75) is 10.6 Å². The molecule has 21 heavy (non-hydrogen) atoms. The van der Waals surface area contributed by atoms with Crippen molar-refractivity contribution in [1.82, 2.24) is 9.78 Å². The normalized spacial score (nSPS) is 12.8. The van der Waals surface area contributed by atoms with E-state index in [9.17, 15) is 9.90 Å². The van der Waals surface area contributed by atoms with Crippen LogP contribution in [0, 0.1) is 0 Å². The third-order valence-corrected chi connectivity index (χ3v) is 5.54. The summed E-state index contributed by atoms with van der Waals surface area (Å²) in [6.45, 7) is 0.